The number of nitrogens with zero attached hydrogens (tertiary/aromatic N) is 4. The van der Waals surface area contributed by atoms with E-state index >= 15 is 0 Å². The number of hydrogen-bond acceptors (Lipinski definition) is 12. The fourth-order valence-corrected chi connectivity index (χ4v) is 10.9. The van der Waals surface area contributed by atoms with Gasteiger partial charge in [-0.25, -0.2) is 18.2 Å². The zero-order chi connectivity index (χ0) is 47.0. The summed E-state index contributed by atoms with van der Waals surface area (Å²) in [5, 5.41) is 10.8. The Balaban J connectivity index is 1.07. The summed E-state index contributed by atoms with van der Waals surface area (Å²) in [6, 6.07) is 12.8. The fourth-order valence-electron chi connectivity index (χ4n) is 9.54. The number of amides is 4. The van der Waals surface area contributed by atoms with Gasteiger partial charge in [0, 0.05) is 35.4 Å². The highest BCUT2D eigenvalue weighted by Crippen LogP contribution is 2.46. The first-order valence-electron chi connectivity index (χ1n) is 23.9. The molecule has 358 valence electrons. The lowest BCUT2D eigenvalue weighted by Gasteiger charge is -2.30. The molecule has 9 rings (SSSR count). The lowest BCUT2D eigenvalue weighted by Crippen LogP contribution is -2.58. The predicted octanol–water partition coefficient (Wildman–Crippen LogP) is 6.51. The molecule has 3 saturated carbocycles. The summed E-state index contributed by atoms with van der Waals surface area (Å²) in [5.74, 6) is -0.734. The van der Waals surface area contributed by atoms with Crippen molar-refractivity contribution in [3.8, 4) is 28.6 Å². The van der Waals surface area contributed by atoms with E-state index in [-0.39, 0.29) is 37.7 Å². The molecule has 0 unspecified atom stereocenters. The molecule has 1 saturated heterocycles. The molecule has 4 heterocycles. The Morgan fingerprint density at radius 1 is 0.866 bits per heavy atom. The molecule has 0 spiro atoms. The van der Waals surface area contributed by atoms with Crippen molar-refractivity contribution in [1.82, 2.24) is 34.9 Å². The van der Waals surface area contributed by atoms with E-state index in [0.717, 1.165) is 49.5 Å². The molecule has 2 aromatic heterocycles. The van der Waals surface area contributed by atoms with Crippen molar-refractivity contribution in [2.24, 2.45) is 5.92 Å². The van der Waals surface area contributed by atoms with Crippen molar-refractivity contribution in [1.29, 1.82) is 0 Å². The minimum absolute atomic E-state index is 0.00292. The van der Waals surface area contributed by atoms with Gasteiger partial charge in [0.2, 0.25) is 27.7 Å². The average molecular weight is 940 g/mol. The Morgan fingerprint density at radius 3 is 2.31 bits per heavy atom. The number of nitrogens with one attached hydrogen (secondary N) is 3. The van der Waals surface area contributed by atoms with Crippen LogP contribution < -0.4 is 29.6 Å². The van der Waals surface area contributed by atoms with Crippen molar-refractivity contribution in [2.75, 3.05) is 6.54 Å². The maximum Gasteiger partial charge on any atom is 0.408 e. The molecule has 4 aromatic rings. The zero-order valence-corrected chi connectivity index (χ0v) is 39.4. The maximum absolute atomic E-state index is 14.9. The molecule has 4 fully saturated rings. The number of ether oxygens (including phenoxy) is 4. The minimum Gasteiger partial charge on any atom is -0.491 e. The number of aromatic nitrogens is 3. The third-order valence-corrected chi connectivity index (χ3v) is 15.0. The maximum atomic E-state index is 14.9. The normalized spacial score (nSPS) is 25.5. The van der Waals surface area contributed by atoms with Gasteiger partial charge in [0.25, 0.3) is 5.91 Å². The smallest absolute Gasteiger partial charge is 0.408 e. The molecule has 0 radical (unpaired) electrons. The monoisotopic (exact) mass is 939 g/mol. The SMILES string of the molecule is CC(C)Oc1ccc(-c2cc(O[C@@H]3C[C@H]4C(=O)N[C@]5(C(=O)NS(=O)(=O)C6CC6)C[C@@H]5/C=C\CCCCC[C@H](NC(=O)OC5CCCC5)C(=O)N4C3)n3nc4cc(OC(C)C)ccc4c3n2)cc1. The van der Waals surface area contributed by atoms with Crippen LogP contribution in [-0.2, 0) is 29.1 Å². The second kappa shape index (κ2) is 19.0. The molecule has 2 aromatic carbocycles. The number of rotatable bonds is 12. The first-order chi connectivity index (χ1) is 32.2. The van der Waals surface area contributed by atoms with Gasteiger partial charge < -0.3 is 34.5 Å². The van der Waals surface area contributed by atoms with Crippen molar-refractivity contribution in [2.45, 2.75) is 158 Å². The second-order valence-corrected chi connectivity index (χ2v) is 21.2. The van der Waals surface area contributed by atoms with Crippen molar-refractivity contribution in [3.05, 3.63) is 60.7 Å². The summed E-state index contributed by atoms with van der Waals surface area (Å²) in [6.07, 6.45) is 9.76. The van der Waals surface area contributed by atoms with Crippen LogP contribution in [0.3, 0.4) is 0 Å². The van der Waals surface area contributed by atoms with E-state index in [4.69, 9.17) is 29.0 Å². The van der Waals surface area contributed by atoms with Crippen molar-refractivity contribution in [3.63, 3.8) is 0 Å². The van der Waals surface area contributed by atoms with E-state index < -0.39 is 68.7 Å². The summed E-state index contributed by atoms with van der Waals surface area (Å²) in [6.45, 7) is 7.75. The second-order valence-electron chi connectivity index (χ2n) is 19.3. The number of alkyl carbamates (subject to hydrolysis) is 1. The van der Waals surface area contributed by atoms with Crippen LogP contribution in [0.1, 0.15) is 111 Å². The van der Waals surface area contributed by atoms with Gasteiger partial charge in [-0.15, -0.1) is 0 Å². The van der Waals surface area contributed by atoms with Crippen LogP contribution in [-0.4, -0.2) is 106 Å². The standard InChI is InChI=1S/C49H61N7O10S/c1-29(2)63-34-18-16-31(17-19-34)40-26-43(56-44(50-40)38-23-20-35(64-30(3)4)24-41(38)53-56)65-36-25-42-45(57)52-49(47(59)54-67(61,62)37-21-22-37)27-32(49)12-8-6-5-7-9-15-39(46(58)55(42)28-36)51-48(60)66-33-13-10-11-14-33/h8,12,16-20,23-24,26,29-30,32-33,36-37,39,42H,5-7,9-11,13-15,21-22,25,27-28H2,1-4H3,(H,51,60)(H,52,57)(H,54,59)/b12-8-/t32-,36+,39-,42-,49+/m0/s1. The summed E-state index contributed by atoms with van der Waals surface area (Å²) >= 11 is 0. The van der Waals surface area contributed by atoms with Crippen LogP contribution in [0.15, 0.2) is 60.7 Å². The van der Waals surface area contributed by atoms with Gasteiger partial charge in [0.1, 0.15) is 41.3 Å². The number of sulfonamides is 1. The lowest BCUT2D eigenvalue weighted by molar-refractivity contribution is -0.141. The van der Waals surface area contributed by atoms with E-state index in [1.807, 2.05) is 82.3 Å². The molecule has 2 aliphatic heterocycles. The van der Waals surface area contributed by atoms with Gasteiger partial charge in [-0.3, -0.25) is 19.1 Å². The molecule has 67 heavy (non-hydrogen) atoms. The highest BCUT2D eigenvalue weighted by atomic mass is 32.2. The third-order valence-electron chi connectivity index (χ3n) is 13.2. The minimum atomic E-state index is -3.93. The van der Waals surface area contributed by atoms with Gasteiger partial charge in [-0.1, -0.05) is 25.0 Å². The molecule has 18 heteroatoms. The van der Waals surface area contributed by atoms with Crippen LogP contribution in [0.4, 0.5) is 4.79 Å². The topological polar surface area (TPSA) is 209 Å². The van der Waals surface area contributed by atoms with E-state index in [9.17, 15) is 27.6 Å². The molecule has 0 bridgehead atoms. The largest absolute Gasteiger partial charge is 0.491 e. The summed E-state index contributed by atoms with van der Waals surface area (Å²) in [4.78, 5) is 63.5. The highest BCUT2D eigenvalue weighted by Gasteiger charge is 2.62. The summed E-state index contributed by atoms with van der Waals surface area (Å²) in [7, 11) is -3.93. The average Bonchev–Trinajstić information content (AvgIpc) is 4.09. The fraction of sp³-hybridized carbons (Fsp3) is 0.551. The Labute approximate surface area is 390 Å². The molecule has 4 amide bonds. The Kier molecular flexibility index (Phi) is 13.1. The predicted molar refractivity (Wildman–Crippen MR) is 249 cm³/mol. The van der Waals surface area contributed by atoms with Gasteiger partial charge in [0.15, 0.2) is 5.65 Å². The number of carbonyl (C=O) groups is 4. The van der Waals surface area contributed by atoms with Gasteiger partial charge in [0.05, 0.1) is 35.2 Å². The third kappa shape index (κ3) is 10.3. The Morgan fingerprint density at radius 2 is 1.58 bits per heavy atom. The molecule has 17 nitrogen and oxygen atoms in total. The number of allylic oxidation sites excluding steroid dienone is 1. The first kappa shape index (κ1) is 46.2. The van der Waals surface area contributed by atoms with Crippen LogP contribution >= 0.6 is 0 Å². The zero-order valence-electron chi connectivity index (χ0n) is 38.6. The lowest BCUT2D eigenvalue weighted by atomic mass is 10.0. The molecule has 5 atom stereocenters. The van der Waals surface area contributed by atoms with Crippen LogP contribution in [0, 0.1) is 5.92 Å². The Bertz CT molecular complexity index is 2660. The Hall–Kier alpha value is -5.91. The van der Waals surface area contributed by atoms with Crippen LogP contribution in [0.25, 0.3) is 27.8 Å². The van der Waals surface area contributed by atoms with E-state index in [1.165, 1.54) is 4.90 Å². The highest BCUT2D eigenvalue weighted by molar-refractivity contribution is 7.91. The van der Waals surface area contributed by atoms with E-state index in [1.54, 1.807) is 10.6 Å². The van der Waals surface area contributed by atoms with Gasteiger partial charge in [-0.2, -0.15) is 9.61 Å². The molecular weight excluding hydrogens is 879 g/mol. The van der Waals surface area contributed by atoms with Gasteiger partial charge >= 0.3 is 6.09 Å². The number of benzene rings is 2. The summed E-state index contributed by atoms with van der Waals surface area (Å²) in [5.41, 5.74) is 0.943. The van der Waals surface area contributed by atoms with Gasteiger partial charge in [-0.05, 0) is 128 Å². The summed E-state index contributed by atoms with van der Waals surface area (Å²) < 4.78 is 54.4. The molecular formula is C49H61N7O10S. The molecule has 3 aliphatic carbocycles. The molecule has 3 N–H and O–H groups in total. The van der Waals surface area contributed by atoms with Crippen LogP contribution in [0.5, 0.6) is 17.4 Å². The first-order valence-corrected chi connectivity index (χ1v) is 25.5. The van der Waals surface area contributed by atoms with E-state index in [0.29, 0.717) is 66.3 Å². The van der Waals surface area contributed by atoms with Crippen LogP contribution in [0.2, 0.25) is 0 Å². The number of carbonyl (C=O) groups excluding carboxylic acids is 4. The quantitative estimate of drug-likeness (QED) is 0.130. The van der Waals surface area contributed by atoms with Crippen molar-refractivity contribution >= 4 is 50.4 Å². The number of fused-ring (bicyclic) bond motifs is 5. The number of hydrogen-bond donors (Lipinski definition) is 3. The molecule has 5 aliphatic rings. The van der Waals surface area contributed by atoms with Crippen molar-refractivity contribution < 1.29 is 46.5 Å². The van der Waals surface area contributed by atoms with E-state index in [2.05, 4.69) is 15.4 Å².